The van der Waals surface area contributed by atoms with Crippen LogP contribution in [0.15, 0.2) is 0 Å². The van der Waals surface area contributed by atoms with Crippen molar-refractivity contribution in [1.29, 1.82) is 0 Å². The highest BCUT2D eigenvalue weighted by atomic mass is 15.3. The average Bonchev–Trinajstić information content (AvgIpc) is 0.702. The molecule has 16 fully saturated rings. The van der Waals surface area contributed by atoms with E-state index in [0.29, 0.717) is 0 Å². The van der Waals surface area contributed by atoms with Gasteiger partial charge >= 0.3 is 0 Å². The number of rotatable bonds is 16. The highest BCUT2D eigenvalue weighted by molar-refractivity contribution is 5.17. The van der Waals surface area contributed by atoms with Crippen LogP contribution in [0.1, 0.15) is 400 Å². The first-order valence-electron chi connectivity index (χ1n) is 46.3. The molecule has 0 amide bonds. The van der Waals surface area contributed by atoms with E-state index < -0.39 is 0 Å². The molecule has 16 saturated carbocycles. The van der Waals surface area contributed by atoms with Crippen molar-refractivity contribution < 1.29 is 0 Å². The van der Waals surface area contributed by atoms with E-state index in [0.717, 1.165) is 179 Å². The second-order valence-corrected chi connectivity index (χ2v) is 41.0. The summed E-state index contributed by atoms with van der Waals surface area (Å²) in [6, 6.07) is 10.1. The summed E-state index contributed by atoms with van der Waals surface area (Å²) < 4.78 is 0. The van der Waals surface area contributed by atoms with Gasteiger partial charge in [-0.15, -0.1) is 0 Å². The Kier molecular flexibility index (Phi) is 23.9. The summed E-state index contributed by atoms with van der Waals surface area (Å²) in [4.78, 5) is 14.7. The fourth-order valence-electron chi connectivity index (χ4n) is 31.1. The molecule has 16 aliphatic rings. The van der Waals surface area contributed by atoms with Crippen LogP contribution in [-0.2, 0) is 0 Å². The van der Waals surface area contributed by atoms with Gasteiger partial charge in [0.2, 0.25) is 0 Å². The lowest BCUT2D eigenvalue weighted by molar-refractivity contribution is -0.197. The molecule has 8 unspecified atom stereocenters. The van der Waals surface area contributed by atoms with Crippen LogP contribution in [0.2, 0.25) is 0 Å². The van der Waals surface area contributed by atoms with Gasteiger partial charge in [-0.25, -0.2) is 0 Å². The summed E-state index contributed by atoms with van der Waals surface area (Å²) in [5, 5.41) is 0. The van der Waals surface area contributed by atoms with Crippen molar-refractivity contribution >= 4 is 0 Å². The van der Waals surface area contributed by atoms with Gasteiger partial charge in [-0.2, -0.15) is 0 Å². The van der Waals surface area contributed by atoms with Crippen LogP contribution in [0.5, 0.6) is 0 Å². The molecular formula is C92H158N4. The van der Waals surface area contributed by atoms with Gasteiger partial charge in [0.05, 0.1) is 0 Å². The van der Waals surface area contributed by atoms with E-state index in [1.165, 1.54) is 180 Å². The molecule has 0 heterocycles. The lowest BCUT2D eigenvalue weighted by Gasteiger charge is -2.69. The van der Waals surface area contributed by atoms with Crippen LogP contribution in [0.4, 0.5) is 0 Å². The number of hydrogen-bond acceptors (Lipinski definition) is 4. The van der Waals surface area contributed by atoms with E-state index in [9.17, 15) is 0 Å². The van der Waals surface area contributed by atoms with E-state index in [1.807, 2.05) is 0 Å². The predicted molar refractivity (Wildman–Crippen MR) is 406 cm³/mol. The fourth-order valence-corrected chi connectivity index (χ4v) is 31.1. The van der Waals surface area contributed by atoms with Gasteiger partial charge in [0, 0.05) is 72.5 Å². The summed E-state index contributed by atoms with van der Waals surface area (Å²) in [5.41, 5.74) is 0. The maximum atomic E-state index is 3.68. The minimum atomic E-state index is 0.824. The van der Waals surface area contributed by atoms with Gasteiger partial charge in [0.15, 0.2) is 0 Å². The molecule has 96 heavy (non-hydrogen) atoms. The molecule has 0 bridgehead atoms. The molecule has 0 aliphatic heterocycles. The van der Waals surface area contributed by atoms with Crippen molar-refractivity contribution in [1.82, 2.24) is 19.6 Å². The SMILES string of the molecule is CC1CCC(N(C2CCC(C3CCCCC3)CC2)C2CC(N(C3CCC(C)CC3)C3CCC(C4CCCCC4)CC3)C3CCC4C5C(CCC2C35)C(N(C2CCC(C)CC2)C2CCC(C3CCCCC3)CC2)CC4N(C2CCC(C)CC2)C2CCC(C3CCCCC3)CC2)CC1. The topological polar surface area (TPSA) is 13.0 Å². The average molecular weight is 1320 g/mol. The predicted octanol–water partition coefficient (Wildman–Crippen LogP) is 24.6. The minimum absolute atomic E-state index is 0.824. The molecule has 546 valence electrons. The first-order chi connectivity index (χ1) is 47.2. The van der Waals surface area contributed by atoms with Crippen molar-refractivity contribution in [3.05, 3.63) is 0 Å². The third kappa shape index (κ3) is 15.3. The minimum Gasteiger partial charge on any atom is -0.294 e. The zero-order valence-electron chi connectivity index (χ0n) is 64.1. The Morgan fingerprint density at radius 2 is 0.312 bits per heavy atom. The van der Waals surface area contributed by atoms with Gasteiger partial charge in [-0.05, 0) is 351 Å². The standard InChI is InChI=1S/C92H158N4/c1-63-25-41-75(42-26-63)93(79-49-33-71(34-50-79)67-17-9-5-10-18-67)87-61-88(94(76-43-27-64(2)28-44-76)80-51-35-72(36-52-80)68-19-11-6-12-20-68)84-59-60-86-90(96(78-47-31-66(4)32-48-78)82-55-39-74(40-56-82)70-23-15-8-16-24-70)62-89(85-58-57-83(87)91(84)92(85)86)95(77-45-29-65(3)30-46-77)81-53-37-73(38-54-81)69-21-13-7-14-22-69/h63-92H,5-62H2,1-4H3. The van der Waals surface area contributed by atoms with E-state index >= 15 is 0 Å². The van der Waals surface area contributed by atoms with Crippen LogP contribution in [0.25, 0.3) is 0 Å². The smallest absolute Gasteiger partial charge is 0.0147 e. The molecule has 0 aromatic rings. The monoisotopic (exact) mass is 1320 g/mol. The van der Waals surface area contributed by atoms with Gasteiger partial charge in [0.25, 0.3) is 0 Å². The van der Waals surface area contributed by atoms with Gasteiger partial charge < -0.3 is 0 Å². The third-order valence-corrected chi connectivity index (χ3v) is 36.1. The summed E-state index contributed by atoms with van der Waals surface area (Å²) in [5.74, 6) is 17.7. The molecule has 0 radical (unpaired) electrons. The zero-order chi connectivity index (χ0) is 64.6. The Morgan fingerprint density at radius 3 is 0.490 bits per heavy atom. The Hall–Kier alpha value is -0.160. The van der Waals surface area contributed by atoms with Gasteiger partial charge in [-0.1, -0.05) is 156 Å². The first kappa shape index (κ1) is 70.2. The Labute approximate surface area is 595 Å². The summed E-state index contributed by atoms with van der Waals surface area (Å²) in [6.45, 7) is 10.7. The maximum absolute atomic E-state index is 3.68. The second kappa shape index (κ2) is 32.7. The maximum Gasteiger partial charge on any atom is 0.0147 e. The lowest BCUT2D eigenvalue weighted by Crippen LogP contribution is -2.72. The lowest BCUT2D eigenvalue weighted by atomic mass is 9.44. The van der Waals surface area contributed by atoms with E-state index in [-0.39, 0.29) is 0 Å². The van der Waals surface area contributed by atoms with Crippen molar-refractivity contribution in [3.63, 3.8) is 0 Å². The van der Waals surface area contributed by atoms with E-state index in [1.54, 1.807) is 193 Å². The fraction of sp³-hybridized carbons (Fsp3) is 1.00. The molecule has 0 aromatic heterocycles. The molecule has 16 rings (SSSR count). The number of nitrogens with zero attached hydrogens (tertiary/aromatic N) is 4. The quantitative estimate of drug-likeness (QED) is 0.153. The zero-order valence-corrected chi connectivity index (χ0v) is 64.1. The van der Waals surface area contributed by atoms with Crippen LogP contribution < -0.4 is 0 Å². The molecule has 4 heteroatoms. The van der Waals surface area contributed by atoms with Crippen LogP contribution in [0, 0.1) is 107 Å². The summed E-state index contributed by atoms with van der Waals surface area (Å²) >= 11 is 0. The van der Waals surface area contributed by atoms with Crippen molar-refractivity contribution in [2.24, 2.45) is 107 Å². The van der Waals surface area contributed by atoms with Gasteiger partial charge in [-0.3, -0.25) is 19.6 Å². The largest absolute Gasteiger partial charge is 0.294 e. The van der Waals surface area contributed by atoms with E-state index in [4.69, 9.17) is 0 Å². The first-order valence-corrected chi connectivity index (χ1v) is 46.3. The Balaban J connectivity index is 0.809. The normalized spacial score (nSPS) is 47.2. The van der Waals surface area contributed by atoms with Crippen LogP contribution in [-0.4, -0.2) is 92.1 Å². The van der Waals surface area contributed by atoms with Crippen LogP contribution >= 0.6 is 0 Å². The highest BCUT2D eigenvalue weighted by Gasteiger charge is 2.65. The van der Waals surface area contributed by atoms with Crippen molar-refractivity contribution in [2.45, 2.75) is 473 Å². The molecule has 0 aromatic carbocycles. The molecule has 16 aliphatic carbocycles. The Bertz CT molecular complexity index is 1960. The molecule has 8 atom stereocenters. The molecule has 0 N–H and O–H groups in total. The molecule has 4 nitrogen and oxygen atoms in total. The van der Waals surface area contributed by atoms with Crippen molar-refractivity contribution in [3.8, 4) is 0 Å². The van der Waals surface area contributed by atoms with Gasteiger partial charge in [0.1, 0.15) is 0 Å². The highest BCUT2D eigenvalue weighted by Crippen LogP contribution is 2.65. The van der Waals surface area contributed by atoms with Crippen molar-refractivity contribution in [2.75, 3.05) is 0 Å². The number of hydrogen-bond donors (Lipinski definition) is 0. The summed E-state index contributed by atoms with van der Waals surface area (Å²) in [6.07, 6.45) is 89.8. The third-order valence-electron chi connectivity index (χ3n) is 36.1. The van der Waals surface area contributed by atoms with E-state index in [2.05, 4.69) is 47.3 Å². The van der Waals surface area contributed by atoms with Crippen LogP contribution in [0.3, 0.4) is 0 Å². The molecule has 0 spiro atoms. The molecular weight excluding hydrogens is 1160 g/mol. The second-order valence-electron chi connectivity index (χ2n) is 41.0. The summed E-state index contributed by atoms with van der Waals surface area (Å²) in [7, 11) is 0. The molecule has 0 saturated heterocycles. The Morgan fingerprint density at radius 1 is 0.156 bits per heavy atom.